The summed E-state index contributed by atoms with van der Waals surface area (Å²) in [6.45, 7) is 2.41. The van der Waals surface area contributed by atoms with Crippen molar-refractivity contribution >= 4 is 35.3 Å². The highest BCUT2D eigenvalue weighted by Crippen LogP contribution is 2.25. The number of phenolic OH excluding ortho intramolecular Hbond substituents is 1. The quantitative estimate of drug-likeness (QED) is 0.224. The molecule has 0 aliphatic heterocycles. The number of hydrazone groups is 1. The monoisotopic (exact) mass is 476 g/mol. The minimum atomic E-state index is -1.03. The van der Waals surface area contributed by atoms with Crippen LogP contribution in [0.3, 0.4) is 0 Å². The average Bonchev–Trinajstić information content (AvgIpc) is 2.86. The number of hydrogen-bond acceptors (Lipinski definition) is 7. The van der Waals surface area contributed by atoms with Gasteiger partial charge in [-0.1, -0.05) is 12.1 Å². The third kappa shape index (κ3) is 6.81. The lowest BCUT2D eigenvalue weighted by Gasteiger charge is -2.11. The zero-order valence-electron chi connectivity index (χ0n) is 19.1. The van der Waals surface area contributed by atoms with E-state index in [9.17, 15) is 19.5 Å². The number of carbonyl (C=O) groups excluding carboxylic acids is 3. The summed E-state index contributed by atoms with van der Waals surface area (Å²) in [6, 6.07) is 17.6. The van der Waals surface area contributed by atoms with Crippen LogP contribution in [-0.4, -0.2) is 42.8 Å². The SMILES string of the molecule is CCOc1ccc(NC(=O)c2ccccc2NC(=O)C(=O)N/N=C\c2ccc(O)c(OC)c2)cc1. The van der Waals surface area contributed by atoms with Gasteiger partial charge in [0.05, 0.1) is 31.2 Å². The highest BCUT2D eigenvalue weighted by molar-refractivity contribution is 6.40. The van der Waals surface area contributed by atoms with Gasteiger partial charge in [-0.3, -0.25) is 14.4 Å². The van der Waals surface area contributed by atoms with Crippen LogP contribution in [0.4, 0.5) is 11.4 Å². The van der Waals surface area contributed by atoms with E-state index in [2.05, 4.69) is 21.2 Å². The van der Waals surface area contributed by atoms with Crippen LogP contribution in [0.2, 0.25) is 0 Å². The molecular formula is C25H24N4O6. The molecular weight excluding hydrogens is 452 g/mol. The predicted octanol–water partition coefficient (Wildman–Crippen LogP) is 3.14. The molecule has 0 spiro atoms. The van der Waals surface area contributed by atoms with Gasteiger partial charge in [0.15, 0.2) is 11.5 Å². The number of benzene rings is 3. The maximum Gasteiger partial charge on any atom is 0.329 e. The molecule has 3 amide bonds. The molecule has 180 valence electrons. The summed E-state index contributed by atoms with van der Waals surface area (Å²) in [4.78, 5) is 37.3. The van der Waals surface area contributed by atoms with Crippen molar-refractivity contribution in [3.63, 3.8) is 0 Å². The lowest BCUT2D eigenvalue weighted by Crippen LogP contribution is -2.33. The van der Waals surface area contributed by atoms with Crippen molar-refractivity contribution < 1.29 is 29.0 Å². The van der Waals surface area contributed by atoms with Crippen LogP contribution < -0.4 is 25.5 Å². The Bertz CT molecular complexity index is 1240. The van der Waals surface area contributed by atoms with E-state index in [1.807, 2.05) is 6.92 Å². The lowest BCUT2D eigenvalue weighted by atomic mass is 10.1. The first-order valence-electron chi connectivity index (χ1n) is 10.6. The summed E-state index contributed by atoms with van der Waals surface area (Å²) in [7, 11) is 1.40. The van der Waals surface area contributed by atoms with E-state index >= 15 is 0 Å². The van der Waals surface area contributed by atoms with E-state index in [1.165, 1.54) is 37.6 Å². The van der Waals surface area contributed by atoms with Crippen LogP contribution >= 0.6 is 0 Å². The fraction of sp³-hybridized carbons (Fsp3) is 0.120. The second-order valence-electron chi connectivity index (χ2n) is 7.04. The Hall–Kier alpha value is -4.86. The van der Waals surface area contributed by atoms with Crippen LogP contribution in [-0.2, 0) is 9.59 Å². The molecule has 0 aliphatic carbocycles. The normalized spacial score (nSPS) is 10.5. The minimum Gasteiger partial charge on any atom is -0.504 e. The van der Waals surface area contributed by atoms with Gasteiger partial charge >= 0.3 is 11.8 Å². The lowest BCUT2D eigenvalue weighted by molar-refractivity contribution is -0.136. The highest BCUT2D eigenvalue weighted by atomic mass is 16.5. The predicted molar refractivity (Wildman–Crippen MR) is 131 cm³/mol. The molecule has 0 saturated carbocycles. The van der Waals surface area contributed by atoms with Gasteiger partial charge < -0.3 is 25.2 Å². The van der Waals surface area contributed by atoms with Gasteiger partial charge in [-0.15, -0.1) is 0 Å². The Labute approximate surface area is 201 Å². The van der Waals surface area contributed by atoms with Crippen molar-refractivity contribution in [2.24, 2.45) is 5.10 Å². The molecule has 4 N–H and O–H groups in total. The minimum absolute atomic E-state index is 0.0433. The molecule has 3 rings (SSSR count). The standard InChI is InChI=1S/C25H24N4O6/c1-3-35-18-11-9-17(10-12-18)27-23(31)19-6-4-5-7-20(19)28-24(32)25(33)29-26-15-16-8-13-21(30)22(14-16)34-2/h4-15,30H,3H2,1-2H3,(H,27,31)(H,28,32)(H,29,33)/b26-15-. The first-order chi connectivity index (χ1) is 16.9. The molecule has 0 heterocycles. The number of rotatable bonds is 8. The van der Waals surface area contributed by atoms with E-state index in [4.69, 9.17) is 9.47 Å². The van der Waals surface area contributed by atoms with Crippen LogP contribution in [0.1, 0.15) is 22.8 Å². The molecule has 0 bridgehead atoms. The number of ether oxygens (including phenoxy) is 2. The number of aromatic hydroxyl groups is 1. The number of nitrogens with zero attached hydrogens (tertiary/aromatic N) is 1. The van der Waals surface area contributed by atoms with E-state index in [-0.39, 0.29) is 22.7 Å². The van der Waals surface area contributed by atoms with Gasteiger partial charge in [0.1, 0.15) is 5.75 Å². The van der Waals surface area contributed by atoms with Gasteiger partial charge in [0.2, 0.25) is 0 Å². The average molecular weight is 476 g/mol. The smallest absolute Gasteiger partial charge is 0.329 e. The van der Waals surface area contributed by atoms with Crippen molar-refractivity contribution in [3.05, 3.63) is 77.9 Å². The first-order valence-corrected chi connectivity index (χ1v) is 10.6. The van der Waals surface area contributed by atoms with Crippen LogP contribution in [0.15, 0.2) is 71.8 Å². The third-order valence-corrected chi connectivity index (χ3v) is 4.63. The second kappa shape index (κ2) is 11.8. The topological polar surface area (TPSA) is 138 Å². The molecule has 10 heteroatoms. The first kappa shape index (κ1) is 24.8. The molecule has 0 radical (unpaired) electrons. The summed E-state index contributed by atoms with van der Waals surface area (Å²) in [5.74, 6) is -1.64. The molecule has 3 aromatic rings. The highest BCUT2D eigenvalue weighted by Gasteiger charge is 2.18. The van der Waals surface area contributed by atoms with Crippen LogP contribution in [0.5, 0.6) is 17.2 Å². The molecule has 10 nitrogen and oxygen atoms in total. The Morgan fingerprint density at radius 2 is 1.71 bits per heavy atom. The number of amides is 3. The molecule has 0 fully saturated rings. The molecule has 35 heavy (non-hydrogen) atoms. The Morgan fingerprint density at radius 1 is 0.971 bits per heavy atom. The summed E-state index contributed by atoms with van der Waals surface area (Å²) >= 11 is 0. The van der Waals surface area contributed by atoms with Gasteiger partial charge in [-0.05, 0) is 67.1 Å². The van der Waals surface area contributed by atoms with Crippen molar-refractivity contribution in [2.45, 2.75) is 6.92 Å². The zero-order chi connectivity index (χ0) is 25.2. The Balaban J connectivity index is 1.62. The van der Waals surface area contributed by atoms with Crippen molar-refractivity contribution in [1.82, 2.24) is 5.43 Å². The largest absolute Gasteiger partial charge is 0.504 e. The third-order valence-electron chi connectivity index (χ3n) is 4.63. The molecule has 0 saturated heterocycles. The summed E-state index contributed by atoms with van der Waals surface area (Å²) in [5.41, 5.74) is 3.50. The maximum atomic E-state index is 12.8. The van der Waals surface area contributed by atoms with Crippen molar-refractivity contribution in [3.8, 4) is 17.2 Å². The van der Waals surface area contributed by atoms with Gasteiger partial charge in [0, 0.05) is 5.69 Å². The summed E-state index contributed by atoms with van der Waals surface area (Å²) in [5, 5.41) is 18.5. The number of para-hydroxylation sites is 1. The van der Waals surface area contributed by atoms with Gasteiger partial charge in [-0.25, -0.2) is 5.43 Å². The van der Waals surface area contributed by atoms with Crippen molar-refractivity contribution in [2.75, 3.05) is 24.4 Å². The number of anilines is 2. The molecule has 0 unspecified atom stereocenters. The number of carbonyl (C=O) groups is 3. The second-order valence-corrected chi connectivity index (χ2v) is 7.04. The fourth-order valence-corrected chi connectivity index (χ4v) is 2.96. The molecule has 0 aliphatic rings. The number of hydrogen-bond donors (Lipinski definition) is 4. The maximum absolute atomic E-state index is 12.8. The van der Waals surface area contributed by atoms with Gasteiger partial charge in [0.25, 0.3) is 5.91 Å². The molecule has 0 atom stereocenters. The Kier molecular flexibility index (Phi) is 8.38. The zero-order valence-corrected chi connectivity index (χ0v) is 19.1. The molecule has 3 aromatic carbocycles. The van der Waals surface area contributed by atoms with E-state index in [0.717, 1.165) is 0 Å². The summed E-state index contributed by atoms with van der Waals surface area (Å²) in [6.07, 6.45) is 1.28. The van der Waals surface area contributed by atoms with E-state index in [0.29, 0.717) is 23.6 Å². The number of methoxy groups -OCH3 is 1. The van der Waals surface area contributed by atoms with E-state index in [1.54, 1.807) is 42.5 Å². The Morgan fingerprint density at radius 3 is 2.43 bits per heavy atom. The van der Waals surface area contributed by atoms with Crippen LogP contribution in [0.25, 0.3) is 0 Å². The van der Waals surface area contributed by atoms with Crippen molar-refractivity contribution in [1.29, 1.82) is 0 Å². The summed E-state index contributed by atoms with van der Waals surface area (Å²) < 4.78 is 10.4. The number of nitrogens with one attached hydrogen (secondary N) is 3. The van der Waals surface area contributed by atoms with E-state index < -0.39 is 17.7 Å². The molecule has 0 aromatic heterocycles. The van der Waals surface area contributed by atoms with Gasteiger partial charge in [-0.2, -0.15) is 5.10 Å². The number of phenols is 1. The fourth-order valence-electron chi connectivity index (χ4n) is 2.96. The van der Waals surface area contributed by atoms with Crippen LogP contribution in [0, 0.1) is 0 Å².